The summed E-state index contributed by atoms with van der Waals surface area (Å²) in [6, 6.07) is 0. The summed E-state index contributed by atoms with van der Waals surface area (Å²) in [4.78, 5) is 0. The van der Waals surface area contributed by atoms with Crippen molar-refractivity contribution in [3.63, 3.8) is 0 Å². The van der Waals surface area contributed by atoms with Gasteiger partial charge in [-0.25, -0.2) is 0 Å². The Hall–Kier alpha value is 0. The molecule has 0 heteroatoms. The van der Waals surface area contributed by atoms with Crippen molar-refractivity contribution in [3.8, 4) is 0 Å². The molecule has 6 unspecified atom stereocenters. The topological polar surface area (TPSA) is 0 Å². The van der Waals surface area contributed by atoms with Crippen LogP contribution in [0.1, 0.15) is 393 Å². The summed E-state index contributed by atoms with van der Waals surface area (Å²) in [5, 5.41) is 0. The molecular weight excluding hydrogens is 853 g/mol. The molecular formula is C71H146. The minimum absolute atomic E-state index is 0. The van der Waals surface area contributed by atoms with Gasteiger partial charge in [-0.2, -0.15) is 0 Å². The zero-order valence-corrected chi connectivity index (χ0v) is 49.5. The molecule has 0 amide bonds. The van der Waals surface area contributed by atoms with Crippen LogP contribution >= 0.6 is 0 Å². The average Bonchev–Trinajstić information content (AvgIpc) is 3.26. The van der Waals surface area contributed by atoms with Gasteiger partial charge in [-0.05, 0) is 83.9 Å². The molecule has 0 aliphatic heterocycles. The Morgan fingerprint density at radius 3 is 0.592 bits per heavy atom. The van der Waals surface area contributed by atoms with Crippen molar-refractivity contribution < 1.29 is 0 Å². The van der Waals surface area contributed by atoms with Gasteiger partial charge in [-0.3, -0.25) is 0 Å². The smallest absolute Gasteiger partial charge is 0.0383 e. The first-order chi connectivity index (χ1) is 33.2. The molecule has 6 atom stereocenters. The highest BCUT2D eigenvalue weighted by Crippen LogP contribution is 2.46. The van der Waals surface area contributed by atoms with Gasteiger partial charge < -0.3 is 0 Å². The second-order valence-electron chi connectivity index (χ2n) is 26.2. The molecule has 7 saturated carbocycles. The molecule has 430 valence electrons. The van der Waals surface area contributed by atoms with Crippen molar-refractivity contribution in [2.75, 3.05) is 0 Å². The molecule has 0 aromatic heterocycles. The summed E-state index contributed by atoms with van der Waals surface area (Å²) < 4.78 is 0. The lowest BCUT2D eigenvalue weighted by molar-refractivity contribution is 0.111. The van der Waals surface area contributed by atoms with Gasteiger partial charge in [0.1, 0.15) is 0 Å². The van der Waals surface area contributed by atoms with Gasteiger partial charge in [0.15, 0.2) is 0 Å². The van der Waals surface area contributed by atoms with Gasteiger partial charge in [0, 0.05) is 0 Å². The van der Waals surface area contributed by atoms with E-state index in [4.69, 9.17) is 0 Å². The second kappa shape index (κ2) is 48.4. The van der Waals surface area contributed by atoms with E-state index in [0.29, 0.717) is 5.41 Å². The van der Waals surface area contributed by atoms with Crippen LogP contribution in [0.3, 0.4) is 0 Å². The molecule has 0 aromatic carbocycles. The van der Waals surface area contributed by atoms with Crippen molar-refractivity contribution in [2.45, 2.75) is 393 Å². The van der Waals surface area contributed by atoms with Gasteiger partial charge in [0.05, 0.1) is 0 Å². The third-order valence-electron chi connectivity index (χ3n) is 19.5. The van der Waals surface area contributed by atoms with Crippen LogP contribution < -0.4 is 0 Å². The van der Waals surface area contributed by atoms with E-state index in [1.165, 1.54) is 148 Å². The molecule has 0 nitrogen and oxygen atoms in total. The largest absolute Gasteiger partial charge is 0.0776 e. The fourth-order valence-corrected chi connectivity index (χ4v) is 14.9. The Labute approximate surface area is 455 Å². The fourth-order valence-electron chi connectivity index (χ4n) is 14.9. The first-order valence-electron chi connectivity index (χ1n) is 33.2. The minimum Gasteiger partial charge on any atom is -0.0776 e. The molecule has 7 fully saturated rings. The van der Waals surface area contributed by atoms with Crippen LogP contribution in [0, 0.1) is 64.6 Å². The van der Waals surface area contributed by atoms with E-state index >= 15 is 0 Å². The van der Waals surface area contributed by atoms with Gasteiger partial charge >= 0.3 is 0 Å². The maximum absolute atomic E-state index is 2.40. The summed E-state index contributed by atoms with van der Waals surface area (Å²) in [5.41, 5.74) is 0.542. The molecule has 0 spiro atoms. The summed E-state index contributed by atoms with van der Waals surface area (Å²) in [7, 11) is 0. The van der Waals surface area contributed by atoms with E-state index in [2.05, 4.69) is 41.5 Å². The number of hydrogen-bond acceptors (Lipinski definition) is 0. The standard InChI is InChI=1S/C32H58.C16H30.C10H20.C6H14.2C2H6.3CH4/c1-3-9-17-27(18-10-4-1)29-21-13-7-15-23-31(25-29)32-24-16-8-14-22-30(26-32)28-19-11-5-2-6-12-20-28;1-3-7-11-15(12-8-4-1)16-13-9-5-2-6-10-14-16;1-9-6-4-3-5-7-10(2)8-9;1-5-6(2,3)4;2*1-2;;;/h27-32H,1-26H2;15-16H,1-14H2;9-10H,3-8H2,1-2H3;5H2,1-4H3;2*1-2H3;3*1H4. The van der Waals surface area contributed by atoms with E-state index in [1.54, 1.807) is 154 Å². The lowest BCUT2D eigenvalue weighted by Gasteiger charge is -2.40. The van der Waals surface area contributed by atoms with E-state index < -0.39 is 0 Å². The average molecular weight is 1000 g/mol. The molecule has 0 heterocycles. The molecule has 71 heavy (non-hydrogen) atoms. The number of hydrogen-bond donors (Lipinski definition) is 0. The van der Waals surface area contributed by atoms with Crippen LogP contribution in [0.15, 0.2) is 0 Å². The summed E-state index contributed by atoms with van der Waals surface area (Å²) >= 11 is 0. The van der Waals surface area contributed by atoms with Crippen LogP contribution in [0.4, 0.5) is 0 Å². The van der Waals surface area contributed by atoms with Gasteiger partial charge in [0.25, 0.3) is 0 Å². The summed E-state index contributed by atoms with van der Waals surface area (Å²) in [6.45, 7) is 21.7. The highest BCUT2D eigenvalue weighted by Gasteiger charge is 2.34. The van der Waals surface area contributed by atoms with Crippen LogP contribution in [0.5, 0.6) is 0 Å². The highest BCUT2D eigenvalue weighted by molar-refractivity contribution is 4.85. The lowest BCUT2D eigenvalue weighted by Crippen LogP contribution is -2.29. The third kappa shape index (κ3) is 35.9. The van der Waals surface area contributed by atoms with Crippen LogP contribution in [-0.4, -0.2) is 0 Å². The Balaban J connectivity index is 0. The molecule has 0 bridgehead atoms. The van der Waals surface area contributed by atoms with E-state index in [9.17, 15) is 0 Å². The fraction of sp³-hybridized carbons (Fsp3) is 1.00. The Bertz CT molecular complexity index is 943. The quantitative estimate of drug-likeness (QED) is 0.263. The monoisotopic (exact) mass is 999 g/mol. The summed E-state index contributed by atoms with van der Waals surface area (Å²) in [5.74, 6) is 10.7. The molecule has 7 rings (SSSR count). The molecule has 7 aliphatic carbocycles. The predicted octanol–water partition coefficient (Wildman–Crippen LogP) is 26.6. The maximum atomic E-state index is 2.40. The van der Waals surface area contributed by atoms with Crippen molar-refractivity contribution in [3.05, 3.63) is 0 Å². The molecule has 0 N–H and O–H groups in total. The Kier molecular flexibility index (Phi) is 49.8. The molecule has 0 saturated heterocycles. The van der Waals surface area contributed by atoms with Crippen LogP contribution in [0.2, 0.25) is 0 Å². The zero-order chi connectivity index (χ0) is 49.5. The first-order valence-corrected chi connectivity index (χ1v) is 33.2. The van der Waals surface area contributed by atoms with Crippen LogP contribution in [-0.2, 0) is 0 Å². The van der Waals surface area contributed by atoms with Crippen molar-refractivity contribution >= 4 is 0 Å². The SMILES string of the molecule is C.C.C.C1CCCC(C2CCCCCC(C3CCCCCC(C4CCCCCCC4)C3)C2)CCC1.C1CCCC(C2CCCCCCC2)CCC1.CC.CC.CC1CCCCCC(C)C1.CCC(C)(C)C. The van der Waals surface area contributed by atoms with E-state index in [-0.39, 0.29) is 22.3 Å². The van der Waals surface area contributed by atoms with Crippen molar-refractivity contribution in [1.82, 2.24) is 0 Å². The van der Waals surface area contributed by atoms with Gasteiger partial charge in [-0.1, -0.05) is 374 Å². The van der Waals surface area contributed by atoms with E-state index in [0.717, 1.165) is 59.2 Å². The van der Waals surface area contributed by atoms with Crippen LogP contribution in [0.25, 0.3) is 0 Å². The lowest BCUT2D eigenvalue weighted by atomic mass is 9.66. The third-order valence-corrected chi connectivity index (χ3v) is 19.5. The summed E-state index contributed by atoms with van der Waals surface area (Å²) in [6.07, 6.45) is 72.1. The Morgan fingerprint density at radius 1 is 0.239 bits per heavy atom. The first kappa shape index (κ1) is 73.1. The normalized spacial score (nSPS) is 29.0. The van der Waals surface area contributed by atoms with Crippen molar-refractivity contribution in [1.29, 1.82) is 0 Å². The predicted molar refractivity (Wildman–Crippen MR) is 331 cm³/mol. The maximum Gasteiger partial charge on any atom is -0.0383 e. The second-order valence-corrected chi connectivity index (χ2v) is 26.2. The van der Waals surface area contributed by atoms with E-state index in [1.807, 2.05) is 27.7 Å². The highest BCUT2D eigenvalue weighted by atomic mass is 14.4. The minimum atomic E-state index is 0. The molecule has 7 aliphatic rings. The van der Waals surface area contributed by atoms with Gasteiger partial charge in [0.2, 0.25) is 0 Å². The Morgan fingerprint density at radius 2 is 0.380 bits per heavy atom. The zero-order valence-electron chi connectivity index (χ0n) is 49.5. The number of rotatable bonds is 4. The molecule has 0 aromatic rings. The van der Waals surface area contributed by atoms with Crippen molar-refractivity contribution in [2.24, 2.45) is 64.6 Å². The van der Waals surface area contributed by atoms with Gasteiger partial charge in [-0.15, -0.1) is 0 Å². The molecule has 0 radical (unpaired) electrons.